The lowest BCUT2D eigenvalue weighted by atomic mass is 10.1. The predicted molar refractivity (Wildman–Crippen MR) is 99.2 cm³/mol. The molecule has 2 aromatic heterocycles. The van der Waals surface area contributed by atoms with Crippen molar-refractivity contribution in [1.29, 1.82) is 0 Å². The van der Waals surface area contributed by atoms with Gasteiger partial charge in [0.25, 0.3) is 0 Å². The van der Waals surface area contributed by atoms with Crippen LogP contribution >= 0.6 is 0 Å². The van der Waals surface area contributed by atoms with Crippen LogP contribution in [0.1, 0.15) is 29.2 Å². The van der Waals surface area contributed by atoms with Gasteiger partial charge in [-0.15, -0.1) is 0 Å². The predicted octanol–water partition coefficient (Wildman–Crippen LogP) is 2.36. The Hall–Kier alpha value is -2.89. The Morgan fingerprint density at radius 2 is 2.08 bits per heavy atom. The highest BCUT2D eigenvalue weighted by molar-refractivity contribution is 5.79. The van der Waals surface area contributed by atoms with Crippen molar-refractivity contribution in [2.45, 2.75) is 45.7 Å². The van der Waals surface area contributed by atoms with E-state index in [4.69, 9.17) is 0 Å². The van der Waals surface area contributed by atoms with Crippen LogP contribution < -0.4 is 5.32 Å². The van der Waals surface area contributed by atoms with Crippen LogP contribution in [0.5, 0.6) is 0 Å². The first-order valence-corrected chi connectivity index (χ1v) is 9.01. The molecule has 1 aliphatic rings. The molecule has 0 aliphatic carbocycles. The zero-order valence-electron chi connectivity index (χ0n) is 15.1. The van der Waals surface area contributed by atoms with E-state index in [0.29, 0.717) is 6.42 Å². The summed E-state index contributed by atoms with van der Waals surface area (Å²) in [4.78, 5) is 16.9. The van der Waals surface area contributed by atoms with Gasteiger partial charge in [0.05, 0.1) is 17.8 Å². The molecule has 1 amide bonds. The minimum absolute atomic E-state index is 0.0531. The summed E-state index contributed by atoms with van der Waals surface area (Å²) in [7, 11) is 0. The third-order valence-corrected chi connectivity index (χ3v) is 5.08. The van der Waals surface area contributed by atoms with Gasteiger partial charge in [-0.2, -0.15) is 5.10 Å². The number of nitrogens with zero attached hydrogens (tertiary/aromatic N) is 4. The largest absolute Gasteiger partial charge is 0.351 e. The molecule has 0 fully saturated rings. The number of para-hydroxylation sites is 1. The number of carbonyl (C=O) groups is 1. The van der Waals surface area contributed by atoms with Gasteiger partial charge in [-0.3, -0.25) is 4.79 Å². The molecule has 1 atom stereocenters. The highest BCUT2D eigenvalue weighted by atomic mass is 16.1. The molecule has 3 heterocycles. The summed E-state index contributed by atoms with van der Waals surface area (Å²) < 4.78 is 4.04. The standard InChI is InChI=1S/C20H23N5O/c1-14-18(15(2)25(23-14)17-6-4-3-5-7-17)12-20(26)22-16-8-9-19-21-10-11-24(19)13-16/h3-7,10-11,16H,8-9,12-13H2,1-2H3,(H,22,26)/t16-/m1/s1. The third-order valence-electron chi connectivity index (χ3n) is 5.08. The maximum Gasteiger partial charge on any atom is 0.224 e. The molecule has 6 heteroatoms. The molecule has 0 spiro atoms. The second kappa shape index (κ2) is 6.78. The summed E-state index contributed by atoms with van der Waals surface area (Å²) in [5.74, 6) is 1.16. The van der Waals surface area contributed by atoms with Gasteiger partial charge in [-0.25, -0.2) is 9.67 Å². The molecule has 1 N–H and O–H groups in total. The number of hydrogen-bond donors (Lipinski definition) is 1. The zero-order valence-corrected chi connectivity index (χ0v) is 15.1. The molecule has 0 saturated carbocycles. The molecule has 1 aliphatic heterocycles. The maximum absolute atomic E-state index is 12.6. The van der Waals surface area contributed by atoms with E-state index in [-0.39, 0.29) is 11.9 Å². The van der Waals surface area contributed by atoms with E-state index in [1.807, 2.05) is 61.3 Å². The van der Waals surface area contributed by atoms with Crippen LogP contribution in [0, 0.1) is 13.8 Å². The van der Waals surface area contributed by atoms with Crippen LogP contribution in [0.3, 0.4) is 0 Å². The number of carbonyl (C=O) groups excluding carboxylic acids is 1. The quantitative estimate of drug-likeness (QED) is 0.786. The van der Waals surface area contributed by atoms with E-state index in [0.717, 1.165) is 47.8 Å². The molecule has 0 unspecified atom stereocenters. The first kappa shape index (κ1) is 16.6. The van der Waals surface area contributed by atoms with Crippen LogP contribution in [0.2, 0.25) is 0 Å². The number of hydrogen-bond acceptors (Lipinski definition) is 3. The molecular weight excluding hydrogens is 326 g/mol. The Morgan fingerprint density at radius 1 is 1.27 bits per heavy atom. The van der Waals surface area contributed by atoms with Crippen molar-refractivity contribution in [3.05, 3.63) is 65.5 Å². The van der Waals surface area contributed by atoms with Gasteiger partial charge in [-0.05, 0) is 32.4 Å². The number of benzene rings is 1. The maximum atomic E-state index is 12.6. The van der Waals surface area contributed by atoms with E-state index in [1.165, 1.54) is 0 Å². The molecule has 26 heavy (non-hydrogen) atoms. The lowest BCUT2D eigenvalue weighted by molar-refractivity contribution is -0.121. The Morgan fingerprint density at radius 3 is 2.88 bits per heavy atom. The van der Waals surface area contributed by atoms with Gasteiger partial charge in [0.1, 0.15) is 5.82 Å². The van der Waals surface area contributed by atoms with Crippen molar-refractivity contribution < 1.29 is 4.79 Å². The third kappa shape index (κ3) is 3.14. The molecule has 6 nitrogen and oxygen atoms in total. The summed E-state index contributed by atoms with van der Waals surface area (Å²) in [5, 5.41) is 7.80. The molecule has 3 aromatic rings. The average molecular weight is 349 g/mol. The number of fused-ring (bicyclic) bond motifs is 1. The lowest BCUT2D eigenvalue weighted by Gasteiger charge is -2.24. The van der Waals surface area contributed by atoms with Crippen LogP contribution in [0.15, 0.2) is 42.7 Å². The van der Waals surface area contributed by atoms with E-state index in [1.54, 1.807) is 0 Å². The zero-order chi connectivity index (χ0) is 18.1. The summed E-state index contributed by atoms with van der Waals surface area (Å²) in [6.07, 6.45) is 6.00. The van der Waals surface area contributed by atoms with Gasteiger partial charge in [0, 0.05) is 42.7 Å². The first-order chi connectivity index (χ1) is 12.6. The fraction of sp³-hybridized carbons (Fsp3) is 0.350. The number of aryl methyl sites for hydroxylation is 2. The molecule has 0 radical (unpaired) electrons. The van der Waals surface area contributed by atoms with Crippen molar-refractivity contribution in [2.75, 3.05) is 0 Å². The number of imidazole rings is 1. The van der Waals surface area contributed by atoms with Crippen LogP contribution in [0.4, 0.5) is 0 Å². The summed E-state index contributed by atoms with van der Waals surface area (Å²) in [6.45, 7) is 4.78. The Kier molecular flexibility index (Phi) is 4.32. The van der Waals surface area contributed by atoms with Crippen LogP contribution in [-0.2, 0) is 24.2 Å². The van der Waals surface area contributed by atoms with Gasteiger partial charge in [0.2, 0.25) is 5.91 Å². The van der Waals surface area contributed by atoms with Crippen LogP contribution in [-0.4, -0.2) is 31.3 Å². The summed E-state index contributed by atoms with van der Waals surface area (Å²) in [5.41, 5.74) is 3.94. The van der Waals surface area contributed by atoms with Gasteiger partial charge < -0.3 is 9.88 Å². The molecule has 0 bridgehead atoms. The average Bonchev–Trinajstić information content (AvgIpc) is 3.21. The lowest BCUT2D eigenvalue weighted by Crippen LogP contribution is -2.41. The van der Waals surface area contributed by atoms with Crippen molar-refractivity contribution >= 4 is 5.91 Å². The molecule has 4 rings (SSSR count). The minimum Gasteiger partial charge on any atom is -0.351 e. The fourth-order valence-electron chi connectivity index (χ4n) is 3.67. The van der Waals surface area contributed by atoms with Crippen molar-refractivity contribution in [1.82, 2.24) is 24.6 Å². The van der Waals surface area contributed by atoms with Gasteiger partial charge >= 0.3 is 0 Å². The SMILES string of the molecule is Cc1nn(-c2ccccc2)c(C)c1CC(=O)N[C@@H]1CCc2nccn2C1. The van der Waals surface area contributed by atoms with Gasteiger partial charge in [0.15, 0.2) is 0 Å². The highest BCUT2D eigenvalue weighted by Crippen LogP contribution is 2.19. The Labute approximate surface area is 152 Å². The molecule has 0 saturated heterocycles. The highest BCUT2D eigenvalue weighted by Gasteiger charge is 2.22. The topological polar surface area (TPSA) is 64.7 Å². The Balaban J connectivity index is 1.46. The fourth-order valence-corrected chi connectivity index (χ4v) is 3.67. The number of amides is 1. The van der Waals surface area contributed by atoms with E-state index < -0.39 is 0 Å². The molecule has 1 aromatic carbocycles. The molecular formula is C20H23N5O. The number of aromatic nitrogens is 4. The van der Waals surface area contributed by atoms with Crippen molar-refractivity contribution in [2.24, 2.45) is 0 Å². The van der Waals surface area contributed by atoms with Crippen LogP contribution in [0.25, 0.3) is 5.69 Å². The molecule has 134 valence electrons. The summed E-state index contributed by atoms with van der Waals surface area (Å²) >= 11 is 0. The normalized spacial score (nSPS) is 16.3. The van der Waals surface area contributed by atoms with E-state index in [2.05, 4.69) is 20.0 Å². The smallest absolute Gasteiger partial charge is 0.224 e. The van der Waals surface area contributed by atoms with Gasteiger partial charge in [-0.1, -0.05) is 18.2 Å². The second-order valence-corrected chi connectivity index (χ2v) is 6.87. The van der Waals surface area contributed by atoms with Crippen molar-refractivity contribution in [3.63, 3.8) is 0 Å². The number of nitrogens with one attached hydrogen (secondary N) is 1. The first-order valence-electron chi connectivity index (χ1n) is 9.01. The Bertz CT molecular complexity index is 925. The summed E-state index contributed by atoms with van der Waals surface area (Å²) in [6, 6.07) is 10.2. The minimum atomic E-state index is 0.0531. The second-order valence-electron chi connectivity index (χ2n) is 6.87. The van der Waals surface area contributed by atoms with E-state index in [9.17, 15) is 4.79 Å². The monoisotopic (exact) mass is 349 g/mol. The number of rotatable bonds is 4. The van der Waals surface area contributed by atoms with E-state index >= 15 is 0 Å². The van der Waals surface area contributed by atoms with Crippen molar-refractivity contribution in [3.8, 4) is 5.69 Å².